The molecule has 172 valence electrons. The van der Waals surface area contributed by atoms with Crippen LogP contribution in [0.5, 0.6) is 5.75 Å². The van der Waals surface area contributed by atoms with Crippen molar-refractivity contribution in [2.24, 2.45) is 0 Å². The second-order valence-electron chi connectivity index (χ2n) is 8.46. The summed E-state index contributed by atoms with van der Waals surface area (Å²) in [5.41, 5.74) is 4.40. The highest BCUT2D eigenvalue weighted by Gasteiger charge is 2.17. The fraction of sp³-hybridized carbons (Fsp3) is 0.400. The van der Waals surface area contributed by atoms with Crippen molar-refractivity contribution in [2.45, 2.75) is 65.6 Å². The Morgan fingerprint density at radius 3 is 2.09 bits per heavy atom. The number of ether oxygens (including phenoxy) is 2. The number of aryl methyl sites for hydroxylation is 1. The normalized spacial score (nSPS) is 11.0. The van der Waals surface area contributed by atoms with Crippen molar-refractivity contribution in [1.82, 2.24) is 5.48 Å². The van der Waals surface area contributed by atoms with E-state index in [1.54, 1.807) is 36.4 Å². The summed E-state index contributed by atoms with van der Waals surface area (Å²) in [6.45, 7) is 7.07. The molecule has 0 saturated carbocycles. The predicted molar refractivity (Wildman–Crippen MR) is 120 cm³/mol. The zero-order chi connectivity index (χ0) is 23.6. The average Bonchev–Trinajstić information content (AvgIpc) is 2.71. The molecule has 1 amide bonds. The molecule has 0 heterocycles. The van der Waals surface area contributed by atoms with Crippen molar-refractivity contribution >= 4 is 17.8 Å². The first-order chi connectivity index (χ1) is 15.1. The van der Waals surface area contributed by atoms with E-state index in [0.717, 1.165) is 30.4 Å². The molecule has 0 bridgehead atoms. The topological polar surface area (TPSA) is 90.9 Å². The Hall–Kier alpha value is -3.19. The Morgan fingerprint density at radius 1 is 0.875 bits per heavy atom. The maximum Gasteiger partial charge on any atom is 0.338 e. The summed E-state index contributed by atoms with van der Waals surface area (Å²) in [5.74, 6) is -0.424. The highest BCUT2D eigenvalue weighted by molar-refractivity contribution is 5.89. The van der Waals surface area contributed by atoms with Crippen molar-refractivity contribution in [3.05, 3.63) is 65.2 Å². The highest BCUT2D eigenvalue weighted by Crippen LogP contribution is 2.15. The summed E-state index contributed by atoms with van der Waals surface area (Å²) in [4.78, 5) is 40.1. The summed E-state index contributed by atoms with van der Waals surface area (Å²) in [6, 6.07) is 14.2. The molecule has 2 rings (SSSR count). The Balaban J connectivity index is 1.62. The minimum Gasteiger partial charge on any atom is -0.456 e. The zero-order valence-electron chi connectivity index (χ0n) is 19.1. The number of esters is 2. The Kier molecular flexibility index (Phi) is 9.40. The number of rotatable bonds is 10. The molecule has 0 aliphatic rings. The van der Waals surface area contributed by atoms with Gasteiger partial charge in [-0.05, 0) is 75.4 Å². The lowest BCUT2D eigenvalue weighted by molar-refractivity contribution is -0.135. The lowest BCUT2D eigenvalue weighted by atomic mass is 10.0. The van der Waals surface area contributed by atoms with Gasteiger partial charge in [0.1, 0.15) is 11.4 Å². The third kappa shape index (κ3) is 9.75. The molecule has 1 N–H and O–H groups in total. The largest absolute Gasteiger partial charge is 0.456 e. The molecule has 0 aliphatic heterocycles. The molecular weight excluding hydrogens is 410 g/mol. The lowest BCUT2D eigenvalue weighted by Gasteiger charge is -2.19. The zero-order valence-corrected chi connectivity index (χ0v) is 19.1. The second kappa shape index (κ2) is 12.0. The number of unbranched alkanes of at least 4 members (excludes halogenated alkanes) is 1. The van der Waals surface area contributed by atoms with Crippen LogP contribution in [0.25, 0.3) is 0 Å². The second-order valence-corrected chi connectivity index (χ2v) is 8.46. The van der Waals surface area contributed by atoms with E-state index in [9.17, 15) is 14.4 Å². The number of carbonyl (C=O) groups excluding carboxylic acids is 3. The number of nitrogens with one attached hydrogen (secondary N) is 1. The van der Waals surface area contributed by atoms with Crippen molar-refractivity contribution in [3.63, 3.8) is 0 Å². The third-order valence-corrected chi connectivity index (χ3v) is 4.32. The van der Waals surface area contributed by atoms with Crippen LogP contribution in [0, 0.1) is 0 Å². The fourth-order valence-corrected chi connectivity index (χ4v) is 2.83. The number of hydroxylamine groups is 1. The molecule has 0 fully saturated rings. The number of carbonyl (C=O) groups is 3. The number of hydrogen-bond donors (Lipinski definition) is 1. The molecule has 0 spiro atoms. The first-order valence-electron chi connectivity index (χ1n) is 10.6. The van der Waals surface area contributed by atoms with Crippen molar-refractivity contribution < 1.29 is 28.7 Å². The predicted octanol–water partition coefficient (Wildman–Crippen LogP) is 4.53. The van der Waals surface area contributed by atoms with E-state index < -0.39 is 5.60 Å². The lowest BCUT2D eigenvalue weighted by Crippen LogP contribution is -2.23. The van der Waals surface area contributed by atoms with Gasteiger partial charge in [-0.3, -0.25) is 14.4 Å². The van der Waals surface area contributed by atoms with E-state index in [1.807, 2.05) is 32.9 Å². The Labute approximate surface area is 189 Å². The van der Waals surface area contributed by atoms with Gasteiger partial charge in [-0.2, -0.15) is 0 Å². The van der Waals surface area contributed by atoms with Gasteiger partial charge >= 0.3 is 11.9 Å². The van der Waals surface area contributed by atoms with Gasteiger partial charge < -0.3 is 9.47 Å². The van der Waals surface area contributed by atoms with Crippen LogP contribution in [0.2, 0.25) is 0 Å². The van der Waals surface area contributed by atoms with Gasteiger partial charge in [0.15, 0.2) is 0 Å². The summed E-state index contributed by atoms with van der Waals surface area (Å²) >= 11 is 0. The van der Waals surface area contributed by atoms with E-state index in [1.165, 1.54) is 6.92 Å². The van der Waals surface area contributed by atoms with E-state index in [4.69, 9.17) is 14.3 Å². The van der Waals surface area contributed by atoms with Crippen LogP contribution in [0.15, 0.2) is 48.5 Å². The summed E-state index contributed by atoms with van der Waals surface area (Å²) in [5, 5.41) is 0. The molecule has 0 aromatic heterocycles. The van der Waals surface area contributed by atoms with Crippen LogP contribution >= 0.6 is 0 Å². The average molecular weight is 442 g/mol. The van der Waals surface area contributed by atoms with E-state index in [-0.39, 0.29) is 24.5 Å². The summed E-state index contributed by atoms with van der Waals surface area (Å²) in [6.07, 6.45) is 2.75. The molecule has 0 saturated heterocycles. The Bertz CT molecular complexity index is 898. The number of benzene rings is 2. The van der Waals surface area contributed by atoms with Crippen LogP contribution in [0.3, 0.4) is 0 Å². The van der Waals surface area contributed by atoms with Crippen LogP contribution in [-0.4, -0.2) is 23.4 Å². The van der Waals surface area contributed by atoms with Crippen molar-refractivity contribution in [1.29, 1.82) is 0 Å². The molecule has 2 aromatic carbocycles. The van der Waals surface area contributed by atoms with E-state index >= 15 is 0 Å². The maximum absolute atomic E-state index is 12.0. The SMILES string of the molecule is CC(=O)Oc1ccc(CONC(=O)CCCCc2ccc(C(=O)OC(C)(C)C)cc2)cc1. The molecule has 0 atom stereocenters. The van der Waals surface area contributed by atoms with Crippen LogP contribution in [0.4, 0.5) is 0 Å². The summed E-state index contributed by atoms with van der Waals surface area (Å²) in [7, 11) is 0. The molecular formula is C25H31NO6. The highest BCUT2D eigenvalue weighted by atomic mass is 16.6. The van der Waals surface area contributed by atoms with Crippen molar-refractivity contribution in [3.8, 4) is 5.75 Å². The van der Waals surface area contributed by atoms with Gasteiger partial charge in [0, 0.05) is 13.3 Å². The monoisotopic (exact) mass is 441 g/mol. The van der Waals surface area contributed by atoms with Gasteiger partial charge in [0.2, 0.25) is 5.91 Å². The van der Waals surface area contributed by atoms with Crippen LogP contribution in [0.1, 0.15) is 68.4 Å². The number of amides is 1. The summed E-state index contributed by atoms with van der Waals surface area (Å²) < 4.78 is 10.3. The molecule has 0 aliphatic carbocycles. The van der Waals surface area contributed by atoms with Gasteiger partial charge in [0.05, 0.1) is 12.2 Å². The molecule has 0 unspecified atom stereocenters. The van der Waals surface area contributed by atoms with E-state index in [0.29, 0.717) is 17.7 Å². The molecule has 2 aromatic rings. The smallest absolute Gasteiger partial charge is 0.338 e. The molecule has 7 nitrogen and oxygen atoms in total. The van der Waals surface area contributed by atoms with Crippen LogP contribution in [-0.2, 0) is 32.2 Å². The standard InChI is InChI=1S/C25H31NO6/c1-18(27)31-22-15-11-20(12-16-22)17-30-26-23(28)8-6-5-7-19-9-13-21(14-10-19)24(29)32-25(2,3)4/h9-16H,5-8,17H2,1-4H3,(H,26,28). The quantitative estimate of drug-likeness (QED) is 0.252. The van der Waals surface area contributed by atoms with Crippen molar-refractivity contribution in [2.75, 3.05) is 0 Å². The Morgan fingerprint density at radius 2 is 1.50 bits per heavy atom. The maximum atomic E-state index is 12.0. The third-order valence-electron chi connectivity index (χ3n) is 4.32. The minimum atomic E-state index is -0.518. The minimum absolute atomic E-state index is 0.179. The molecule has 32 heavy (non-hydrogen) atoms. The van der Waals surface area contributed by atoms with E-state index in [2.05, 4.69) is 5.48 Å². The van der Waals surface area contributed by atoms with Gasteiger partial charge in [-0.15, -0.1) is 0 Å². The fourth-order valence-electron chi connectivity index (χ4n) is 2.83. The van der Waals surface area contributed by atoms with Gasteiger partial charge in [-0.1, -0.05) is 24.3 Å². The first kappa shape index (κ1) is 25.1. The molecule has 0 radical (unpaired) electrons. The molecule has 7 heteroatoms. The first-order valence-corrected chi connectivity index (χ1v) is 10.6. The number of hydrogen-bond acceptors (Lipinski definition) is 6. The van der Waals surface area contributed by atoms with Gasteiger partial charge in [0.25, 0.3) is 0 Å². The van der Waals surface area contributed by atoms with Gasteiger partial charge in [-0.25, -0.2) is 10.3 Å². The van der Waals surface area contributed by atoms with Crippen LogP contribution < -0.4 is 10.2 Å².